The van der Waals surface area contributed by atoms with Crippen LogP contribution in [0.4, 0.5) is 5.82 Å². The number of likely N-dealkylation sites (tertiary alicyclic amines) is 1. The van der Waals surface area contributed by atoms with Crippen LogP contribution in [0.25, 0.3) is 0 Å². The number of hydrogen-bond donors (Lipinski definition) is 1. The quantitative estimate of drug-likeness (QED) is 0.923. The van der Waals surface area contributed by atoms with Crippen LogP contribution in [0.3, 0.4) is 0 Å². The van der Waals surface area contributed by atoms with Crippen LogP contribution < -0.4 is 5.32 Å². The number of anilines is 1. The Morgan fingerprint density at radius 2 is 2.00 bits per heavy atom. The summed E-state index contributed by atoms with van der Waals surface area (Å²) in [5, 5.41) is 7.43. The van der Waals surface area contributed by atoms with Crippen molar-refractivity contribution in [1.82, 2.24) is 14.7 Å². The maximum atomic E-state index is 12.8. The minimum atomic E-state index is -0.336. The Labute approximate surface area is 137 Å². The van der Waals surface area contributed by atoms with E-state index in [1.807, 2.05) is 18.9 Å². The van der Waals surface area contributed by atoms with Crippen LogP contribution in [-0.4, -0.2) is 39.1 Å². The zero-order valence-corrected chi connectivity index (χ0v) is 14.3. The Hall–Kier alpha value is -1.85. The molecular formula is C17H26N4O2. The number of nitrogens with zero attached hydrogens (tertiary/aromatic N) is 3. The van der Waals surface area contributed by atoms with Crippen molar-refractivity contribution in [2.24, 2.45) is 13.0 Å². The van der Waals surface area contributed by atoms with E-state index in [2.05, 4.69) is 17.3 Å². The van der Waals surface area contributed by atoms with Gasteiger partial charge in [-0.2, -0.15) is 5.10 Å². The lowest BCUT2D eigenvalue weighted by atomic mass is 10.0. The monoisotopic (exact) mass is 318 g/mol. The van der Waals surface area contributed by atoms with E-state index in [0.29, 0.717) is 6.54 Å². The fourth-order valence-corrected chi connectivity index (χ4v) is 3.51. The molecule has 23 heavy (non-hydrogen) atoms. The van der Waals surface area contributed by atoms with Crippen LogP contribution in [0.2, 0.25) is 0 Å². The first kappa shape index (κ1) is 16.0. The van der Waals surface area contributed by atoms with Gasteiger partial charge in [0.25, 0.3) is 0 Å². The standard InChI is InChI=1S/C17H26N4O2/c1-4-13-11(2)19-20(3)15(13)18-16(22)14-7-5-6-10-21(14)17(23)12-8-9-12/h12,14H,4-10H2,1-3H3,(H,18,22). The van der Waals surface area contributed by atoms with Crippen LogP contribution in [0.15, 0.2) is 0 Å². The molecular weight excluding hydrogens is 292 g/mol. The zero-order chi connectivity index (χ0) is 16.6. The Morgan fingerprint density at radius 1 is 1.26 bits per heavy atom. The van der Waals surface area contributed by atoms with Crippen LogP contribution in [0.1, 0.15) is 50.3 Å². The van der Waals surface area contributed by atoms with E-state index < -0.39 is 0 Å². The molecule has 0 bridgehead atoms. The fourth-order valence-electron chi connectivity index (χ4n) is 3.51. The van der Waals surface area contributed by atoms with Crippen molar-refractivity contribution >= 4 is 17.6 Å². The molecule has 1 aromatic rings. The number of carbonyl (C=O) groups is 2. The van der Waals surface area contributed by atoms with E-state index in [1.165, 1.54) is 0 Å². The van der Waals surface area contributed by atoms with Gasteiger partial charge in [0.15, 0.2) is 0 Å². The number of amides is 2. The van der Waals surface area contributed by atoms with E-state index >= 15 is 0 Å². The highest BCUT2D eigenvalue weighted by atomic mass is 16.2. The molecule has 1 unspecified atom stereocenters. The molecule has 1 saturated heterocycles. The molecule has 1 atom stereocenters. The lowest BCUT2D eigenvalue weighted by Gasteiger charge is -2.35. The minimum Gasteiger partial charge on any atom is -0.330 e. The predicted molar refractivity (Wildman–Crippen MR) is 88.0 cm³/mol. The third kappa shape index (κ3) is 3.12. The summed E-state index contributed by atoms with van der Waals surface area (Å²) in [5.74, 6) is 1.02. The van der Waals surface area contributed by atoms with Gasteiger partial charge in [-0.1, -0.05) is 6.92 Å². The van der Waals surface area contributed by atoms with Gasteiger partial charge in [-0.15, -0.1) is 0 Å². The van der Waals surface area contributed by atoms with Gasteiger partial charge in [-0.25, -0.2) is 0 Å². The summed E-state index contributed by atoms with van der Waals surface area (Å²) in [4.78, 5) is 27.1. The van der Waals surface area contributed by atoms with Crippen molar-refractivity contribution < 1.29 is 9.59 Å². The molecule has 3 rings (SSSR count). The number of hydrogen-bond acceptors (Lipinski definition) is 3. The van der Waals surface area contributed by atoms with Crippen LogP contribution in [-0.2, 0) is 23.1 Å². The van der Waals surface area contributed by atoms with Crippen LogP contribution in [0.5, 0.6) is 0 Å². The maximum Gasteiger partial charge on any atom is 0.248 e. The molecule has 2 fully saturated rings. The predicted octanol–water partition coefficient (Wildman–Crippen LogP) is 2.02. The fraction of sp³-hybridized carbons (Fsp3) is 0.706. The first-order valence-corrected chi connectivity index (χ1v) is 8.66. The average molecular weight is 318 g/mol. The van der Waals surface area contributed by atoms with Crippen molar-refractivity contribution in [2.75, 3.05) is 11.9 Å². The van der Waals surface area contributed by atoms with Gasteiger partial charge >= 0.3 is 0 Å². The molecule has 2 aliphatic rings. The summed E-state index contributed by atoms with van der Waals surface area (Å²) in [6.07, 6.45) is 5.52. The number of aromatic nitrogens is 2. The van der Waals surface area contributed by atoms with Gasteiger partial charge in [0.05, 0.1) is 5.69 Å². The highest BCUT2D eigenvalue weighted by Gasteiger charge is 2.39. The molecule has 1 N–H and O–H groups in total. The molecule has 1 saturated carbocycles. The van der Waals surface area contributed by atoms with E-state index in [9.17, 15) is 9.59 Å². The molecule has 6 heteroatoms. The lowest BCUT2D eigenvalue weighted by molar-refractivity contribution is -0.141. The van der Waals surface area contributed by atoms with E-state index in [4.69, 9.17) is 0 Å². The summed E-state index contributed by atoms with van der Waals surface area (Å²) < 4.78 is 1.72. The molecule has 2 amide bonds. The number of carbonyl (C=O) groups excluding carboxylic acids is 2. The molecule has 0 spiro atoms. The Bertz CT molecular complexity index is 618. The Morgan fingerprint density at radius 3 is 2.65 bits per heavy atom. The SMILES string of the molecule is CCc1c(C)nn(C)c1NC(=O)C1CCCCN1C(=O)C1CC1. The average Bonchev–Trinajstić information content (AvgIpc) is 3.34. The molecule has 1 aromatic heterocycles. The molecule has 6 nitrogen and oxygen atoms in total. The van der Waals surface area contributed by atoms with Crippen LogP contribution in [0, 0.1) is 12.8 Å². The smallest absolute Gasteiger partial charge is 0.248 e. The summed E-state index contributed by atoms with van der Waals surface area (Å²) in [6.45, 7) is 4.72. The molecule has 2 heterocycles. The normalized spacial score (nSPS) is 21.3. The molecule has 0 aromatic carbocycles. The van der Waals surface area contributed by atoms with Gasteiger partial charge in [0.2, 0.25) is 11.8 Å². The topological polar surface area (TPSA) is 67.2 Å². The van der Waals surface area contributed by atoms with Gasteiger partial charge < -0.3 is 10.2 Å². The minimum absolute atomic E-state index is 0.0728. The van der Waals surface area contributed by atoms with Crippen molar-refractivity contribution in [3.05, 3.63) is 11.3 Å². The lowest BCUT2D eigenvalue weighted by Crippen LogP contribution is -2.50. The molecule has 0 radical (unpaired) electrons. The van der Waals surface area contributed by atoms with E-state index in [-0.39, 0.29) is 23.8 Å². The van der Waals surface area contributed by atoms with Crippen LogP contribution >= 0.6 is 0 Å². The number of rotatable bonds is 4. The molecule has 126 valence electrons. The van der Waals surface area contributed by atoms with Crippen molar-refractivity contribution in [2.45, 2.75) is 58.4 Å². The second-order valence-electron chi connectivity index (χ2n) is 6.70. The van der Waals surface area contributed by atoms with Crippen molar-refractivity contribution in [1.29, 1.82) is 0 Å². The summed E-state index contributed by atoms with van der Waals surface area (Å²) in [6, 6.07) is -0.336. The molecule has 1 aliphatic carbocycles. The van der Waals surface area contributed by atoms with Gasteiger partial charge in [0.1, 0.15) is 11.9 Å². The van der Waals surface area contributed by atoms with Gasteiger partial charge in [0, 0.05) is 25.1 Å². The van der Waals surface area contributed by atoms with Gasteiger partial charge in [-0.3, -0.25) is 14.3 Å². The third-order valence-corrected chi connectivity index (χ3v) is 4.96. The Kier molecular flexibility index (Phi) is 4.41. The number of aryl methyl sites for hydroxylation is 2. The molecule has 1 aliphatic heterocycles. The second-order valence-corrected chi connectivity index (χ2v) is 6.70. The van der Waals surface area contributed by atoms with E-state index in [1.54, 1.807) is 4.68 Å². The van der Waals surface area contributed by atoms with Gasteiger partial charge in [-0.05, 0) is 45.4 Å². The summed E-state index contributed by atoms with van der Waals surface area (Å²) in [5.41, 5.74) is 2.01. The second kappa shape index (κ2) is 6.34. The highest BCUT2D eigenvalue weighted by molar-refractivity contribution is 5.97. The Balaban J connectivity index is 1.77. The number of piperidine rings is 1. The van der Waals surface area contributed by atoms with E-state index in [0.717, 1.165) is 55.6 Å². The van der Waals surface area contributed by atoms with Crippen molar-refractivity contribution in [3.8, 4) is 0 Å². The number of nitrogens with one attached hydrogen (secondary N) is 1. The summed E-state index contributed by atoms with van der Waals surface area (Å²) in [7, 11) is 1.84. The first-order valence-electron chi connectivity index (χ1n) is 8.66. The largest absolute Gasteiger partial charge is 0.330 e. The summed E-state index contributed by atoms with van der Waals surface area (Å²) >= 11 is 0. The van der Waals surface area contributed by atoms with Crippen molar-refractivity contribution in [3.63, 3.8) is 0 Å². The maximum absolute atomic E-state index is 12.8. The zero-order valence-electron chi connectivity index (χ0n) is 14.3. The highest BCUT2D eigenvalue weighted by Crippen LogP contribution is 2.33. The third-order valence-electron chi connectivity index (χ3n) is 4.96. The first-order chi connectivity index (χ1) is 11.0.